The van der Waals surface area contributed by atoms with Gasteiger partial charge in [0.1, 0.15) is 12.4 Å². The van der Waals surface area contributed by atoms with E-state index in [9.17, 15) is 0 Å². The highest BCUT2D eigenvalue weighted by Gasteiger charge is 2.24. The van der Waals surface area contributed by atoms with Crippen LogP contribution in [0.3, 0.4) is 0 Å². The maximum Gasteiger partial charge on any atom is 0.221 e. The average molecular weight is 165 g/mol. The quantitative estimate of drug-likeness (QED) is 0.707. The number of nitrogens with two attached hydrogens (primary N) is 1. The first kappa shape index (κ1) is 7.49. The first-order valence-corrected chi connectivity index (χ1v) is 4.06. The summed E-state index contributed by atoms with van der Waals surface area (Å²) in [5, 5.41) is 0. The molecule has 0 amide bonds. The fourth-order valence-corrected chi connectivity index (χ4v) is 0.937. The number of nitrogens with zero attached hydrogens (tertiary/aromatic N) is 2. The minimum absolute atomic E-state index is 0.366. The molecule has 0 aromatic carbocycles. The molecule has 2 N–H and O–H groups in total. The molecule has 2 rings (SSSR count). The number of ether oxygens (including phenoxy) is 1. The third kappa shape index (κ3) is 1.53. The van der Waals surface area contributed by atoms with E-state index in [1.165, 1.54) is 6.33 Å². The summed E-state index contributed by atoms with van der Waals surface area (Å²) in [6.45, 7) is 0.433. The van der Waals surface area contributed by atoms with Crippen LogP contribution in [0.4, 0.5) is 0 Å². The molecular formula is C8H11N3O. The number of hydrogen-bond acceptors (Lipinski definition) is 4. The van der Waals surface area contributed by atoms with Crippen molar-refractivity contribution in [2.75, 3.05) is 0 Å². The third-order valence-electron chi connectivity index (χ3n) is 1.77. The number of aromatic nitrogens is 2. The van der Waals surface area contributed by atoms with Crippen molar-refractivity contribution in [1.29, 1.82) is 0 Å². The SMILES string of the molecule is NCc1cncnc1OC1CC1. The highest BCUT2D eigenvalue weighted by molar-refractivity contribution is 5.22. The van der Waals surface area contributed by atoms with Crippen molar-refractivity contribution in [1.82, 2.24) is 9.97 Å². The van der Waals surface area contributed by atoms with Gasteiger partial charge in [-0.3, -0.25) is 0 Å². The fourth-order valence-electron chi connectivity index (χ4n) is 0.937. The van der Waals surface area contributed by atoms with E-state index < -0.39 is 0 Å². The molecule has 4 heteroatoms. The molecule has 0 spiro atoms. The van der Waals surface area contributed by atoms with E-state index in [0.29, 0.717) is 18.5 Å². The second-order valence-electron chi connectivity index (χ2n) is 2.87. The molecule has 0 bridgehead atoms. The molecule has 1 fully saturated rings. The van der Waals surface area contributed by atoms with Crippen molar-refractivity contribution in [2.24, 2.45) is 5.73 Å². The standard InChI is InChI=1S/C8H11N3O/c9-3-6-4-10-5-11-8(6)12-7-1-2-7/h4-5,7H,1-3,9H2. The molecule has 1 aromatic heterocycles. The van der Waals surface area contributed by atoms with Crippen LogP contribution >= 0.6 is 0 Å². The largest absolute Gasteiger partial charge is 0.474 e. The van der Waals surface area contributed by atoms with Crippen molar-refractivity contribution < 1.29 is 4.74 Å². The molecule has 1 aromatic rings. The predicted octanol–water partition coefficient (Wildman–Crippen LogP) is 0.476. The van der Waals surface area contributed by atoms with E-state index >= 15 is 0 Å². The summed E-state index contributed by atoms with van der Waals surface area (Å²) in [5.74, 6) is 0.648. The van der Waals surface area contributed by atoms with Crippen molar-refractivity contribution in [3.05, 3.63) is 18.1 Å². The molecule has 1 aliphatic carbocycles. The summed E-state index contributed by atoms with van der Waals surface area (Å²) in [4.78, 5) is 7.89. The zero-order chi connectivity index (χ0) is 8.39. The Balaban J connectivity index is 2.15. The van der Waals surface area contributed by atoms with E-state index in [4.69, 9.17) is 10.5 Å². The molecule has 0 aliphatic heterocycles. The average Bonchev–Trinajstić information content (AvgIpc) is 2.89. The van der Waals surface area contributed by atoms with Gasteiger partial charge in [-0.2, -0.15) is 0 Å². The van der Waals surface area contributed by atoms with Crippen LogP contribution in [0.1, 0.15) is 18.4 Å². The molecule has 0 saturated heterocycles. The summed E-state index contributed by atoms with van der Waals surface area (Å²) in [7, 11) is 0. The van der Waals surface area contributed by atoms with Crippen molar-refractivity contribution in [3.8, 4) is 5.88 Å². The van der Waals surface area contributed by atoms with Crippen LogP contribution in [-0.4, -0.2) is 16.1 Å². The van der Waals surface area contributed by atoms with Gasteiger partial charge in [-0.1, -0.05) is 0 Å². The van der Waals surface area contributed by atoms with Gasteiger partial charge < -0.3 is 10.5 Å². The Labute approximate surface area is 70.8 Å². The Kier molecular flexibility index (Phi) is 1.91. The Morgan fingerprint density at radius 1 is 1.58 bits per heavy atom. The number of rotatable bonds is 3. The second-order valence-corrected chi connectivity index (χ2v) is 2.87. The van der Waals surface area contributed by atoms with Crippen LogP contribution in [0, 0.1) is 0 Å². The Bertz CT molecular complexity index is 273. The molecule has 0 unspecified atom stereocenters. The molecule has 0 radical (unpaired) electrons. The third-order valence-corrected chi connectivity index (χ3v) is 1.77. The van der Waals surface area contributed by atoms with E-state index in [2.05, 4.69) is 9.97 Å². The molecule has 4 nitrogen and oxygen atoms in total. The van der Waals surface area contributed by atoms with Gasteiger partial charge in [0.2, 0.25) is 5.88 Å². The van der Waals surface area contributed by atoms with Gasteiger partial charge in [-0.25, -0.2) is 9.97 Å². The second kappa shape index (κ2) is 3.06. The molecule has 64 valence electrons. The maximum atomic E-state index is 5.52. The van der Waals surface area contributed by atoms with Gasteiger partial charge in [-0.15, -0.1) is 0 Å². The van der Waals surface area contributed by atoms with E-state index in [1.54, 1.807) is 6.20 Å². The van der Waals surface area contributed by atoms with Crippen LogP contribution in [0.25, 0.3) is 0 Å². The maximum absolute atomic E-state index is 5.52. The summed E-state index contributed by atoms with van der Waals surface area (Å²) in [6, 6.07) is 0. The van der Waals surface area contributed by atoms with Crippen molar-refractivity contribution >= 4 is 0 Å². The van der Waals surface area contributed by atoms with Crippen LogP contribution in [0.15, 0.2) is 12.5 Å². The summed E-state index contributed by atoms with van der Waals surface area (Å²) in [6.07, 6.45) is 5.81. The highest BCUT2D eigenvalue weighted by Crippen LogP contribution is 2.26. The first-order chi connectivity index (χ1) is 5.90. The molecule has 12 heavy (non-hydrogen) atoms. The monoisotopic (exact) mass is 165 g/mol. The zero-order valence-electron chi connectivity index (χ0n) is 6.73. The minimum atomic E-state index is 0.366. The van der Waals surface area contributed by atoms with Gasteiger partial charge in [0.25, 0.3) is 0 Å². The van der Waals surface area contributed by atoms with Gasteiger partial charge >= 0.3 is 0 Å². The minimum Gasteiger partial charge on any atom is -0.474 e. The predicted molar refractivity (Wildman–Crippen MR) is 43.6 cm³/mol. The van der Waals surface area contributed by atoms with Crippen LogP contribution in [-0.2, 0) is 6.54 Å². The summed E-state index contributed by atoms with van der Waals surface area (Å²) in [5.41, 5.74) is 6.37. The summed E-state index contributed by atoms with van der Waals surface area (Å²) >= 11 is 0. The first-order valence-electron chi connectivity index (χ1n) is 4.06. The number of hydrogen-bond donors (Lipinski definition) is 1. The fraction of sp³-hybridized carbons (Fsp3) is 0.500. The normalized spacial score (nSPS) is 16.1. The lowest BCUT2D eigenvalue weighted by atomic mass is 10.3. The Morgan fingerprint density at radius 3 is 3.08 bits per heavy atom. The highest BCUT2D eigenvalue weighted by atomic mass is 16.5. The zero-order valence-corrected chi connectivity index (χ0v) is 6.73. The molecule has 1 aliphatic rings. The van der Waals surface area contributed by atoms with Gasteiger partial charge in [0.05, 0.1) is 0 Å². The lowest BCUT2D eigenvalue weighted by Crippen LogP contribution is -2.05. The van der Waals surface area contributed by atoms with Crippen LogP contribution in [0.5, 0.6) is 5.88 Å². The van der Waals surface area contributed by atoms with E-state index in [-0.39, 0.29) is 0 Å². The van der Waals surface area contributed by atoms with Gasteiger partial charge in [-0.05, 0) is 12.8 Å². The summed E-state index contributed by atoms with van der Waals surface area (Å²) < 4.78 is 5.52. The molecule has 1 heterocycles. The van der Waals surface area contributed by atoms with Gasteiger partial charge in [0.15, 0.2) is 0 Å². The van der Waals surface area contributed by atoms with Crippen LogP contribution in [0.2, 0.25) is 0 Å². The van der Waals surface area contributed by atoms with E-state index in [1.807, 2.05) is 0 Å². The van der Waals surface area contributed by atoms with Gasteiger partial charge in [0, 0.05) is 18.3 Å². The Morgan fingerprint density at radius 2 is 2.42 bits per heavy atom. The lowest BCUT2D eigenvalue weighted by Gasteiger charge is -2.05. The molecule has 1 saturated carbocycles. The van der Waals surface area contributed by atoms with Crippen molar-refractivity contribution in [2.45, 2.75) is 25.5 Å². The van der Waals surface area contributed by atoms with E-state index in [0.717, 1.165) is 18.4 Å². The van der Waals surface area contributed by atoms with Crippen molar-refractivity contribution in [3.63, 3.8) is 0 Å². The Hall–Kier alpha value is -1.16. The lowest BCUT2D eigenvalue weighted by molar-refractivity contribution is 0.287. The van der Waals surface area contributed by atoms with Crippen LogP contribution < -0.4 is 10.5 Å². The topological polar surface area (TPSA) is 61.0 Å². The molecular weight excluding hydrogens is 154 g/mol. The molecule has 0 atom stereocenters. The smallest absolute Gasteiger partial charge is 0.221 e.